The number of nitrogens with one attached hydrogen (secondary N) is 1. The molecule has 1 aromatic carbocycles. The Morgan fingerprint density at radius 3 is 2.60 bits per heavy atom. The molecule has 0 saturated carbocycles. The van der Waals surface area contributed by atoms with Gasteiger partial charge in [0.25, 0.3) is 0 Å². The van der Waals surface area contributed by atoms with Gasteiger partial charge in [-0.3, -0.25) is 4.68 Å². The molecule has 0 radical (unpaired) electrons. The van der Waals surface area contributed by atoms with Crippen LogP contribution in [0.25, 0.3) is 0 Å². The van der Waals surface area contributed by atoms with Gasteiger partial charge in [-0.2, -0.15) is 18.3 Å². The Morgan fingerprint density at radius 2 is 2.00 bits per heavy atom. The molecule has 0 aliphatic rings. The first-order valence-electron chi connectivity index (χ1n) is 5.95. The van der Waals surface area contributed by atoms with E-state index in [-0.39, 0.29) is 5.69 Å². The maximum Gasteiger partial charge on any atom is 0.419 e. The molecule has 0 aliphatic carbocycles. The summed E-state index contributed by atoms with van der Waals surface area (Å²) in [6.45, 7) is 0.433. The lowest BCUT2D eigenvalue weighted by Gasteiger charge is -2.11. The van der Waals surface area contributed by atoms with Gasteiger partial charge in [0.15, 0.2) is 0 Å². The van der Waals surface area contributed by atoms with Crippen LogP contribution in [0.15, 0.2) is 30.5 Å². The average molecular weight is 287 g/mol. The summed E-state index contributed by atoms with van der Waals surface area (Å²) in [7, 11) is 1.79. The average Bonchev–Trinajstić information content (AvgIpc) is 2.76. The molecule has 2 aromatic rings. The standard InChI is InChI=1S/C13H13F4N3/c1-20-10(5-7-19-20)4-6-18-9-2-3-12(14)11(8-9)13(15,16)17/h2-3,5,7-8,18H,4,6H2,1H3. The van der Waals surface area contributed by atoms with Crippen LogP contribution < -0.4 is 5.32 Å². The van der Waals surface area contributed by atoms with Gasteiger partial charge >= 0.3 is 6.18 Å². The number of aromatic nitrogens is 2. The molecular formula is C13H13F4N3. The Labute approximate surface area is 113 Å². The van der Waals surface area contributed by atoms with Crippen LogP contribution in [-0.2, 0) is 19.6 Å². The van der Waals surface area contributed by atoms with Crippen LogP contribution in [0.1, 0.15) is 11.3 Å². The van der Waals surface area contributed by atoms with E-state index in [0.29, 0.717) is 13.0 Å². The highest BCUT2D eigenvalue weighted by atomic mass is 19.4. The highest BCUT2D eigenvalue weighted by Crippen LogP contribution is 2.32. The minimum atomic E-state index is -4.69. The molecule has 1 N–H and O–H groups in total. The van der Waals surface area contributed by atoms with Gasteiger partial charge in [0.05, 0.1) is 5.56 Å². The molecule has 0 bridgehead atoms. The lowest BCUT2D eigenvalue weighted by molar-refractivity contribution is -0.139. The van der Waals surface area contributed by atoms with E-state index in [9.17, 15) is 17.6 Å². The maximum atomic E-state index is 13.1. The first-order valence-corrected chi connectivity index (χ1v) is 5.95. The fraction of sp³-hybridized carbons (Fsp3) is 0.308. The lowest BCUT2D eigenvalue weighted by atomic mass is 10.1. The molecule has 0 saturated heterocycles. The Morgan fingerprint density at radius 1 is 1.25 bits per heavy atom. The van der Waals surface area contributed by atoms with Crippen LogP contribution >= 0.6 is 0 Å². The molecule has 3 nitrogen and oxygen atoms in total. The van der Waals surface area contributed by atoms with Gasteiger partial charge in [-0.15, -0.1) is 0 Å². The summed E-state index contributed by atoms with van der Waals surface area (Å²) in [6.07, 6.45) is -2.44. The molecule has 0 aliphatic heterocycles. The van der Waals surface area contributed by atoms with Crippen LogP contribution in [0, 0.1) is 5.82 Å². The largest absolute Gasteiger partial charge is 0.419 e. The SMILES string of the molecule is Cn1nccc1CCNc1ccc(F)c(C(F)(F)F)c1. The summed E-state index contributed by atoms with van der Waals surface area (Å²) in [5, 5.41) is 6.83. The van der Waals surface area contributed by atoms with Crippen LogP contribution in [0.2, 0.25) is 0 Å². The zero-order valence-electron chi connectivity index (χ0n) is 10.7. The summed E-state index contributed by atoms with van der Waals surface area (Å²) in [4.78, 5) is 0. The van der Waals surface area contributed by atoms with Crippen molar-refractivity contribution in [3.05, 3.63) is 47.5 Å². The summed E-state index contributed by atoms with van der Waals surface area (Å²) >= 11 is 0. The quantitative estimate of drug-likeness (QED) is 0.875. The first-order chi connectivity index (χ1) is 9.38. The monoisotopic (exact) mass is 287 g/mol. The smallest absolute Gasteiger partial charge is 0.385 e. The van der Waals surface area contributed by atoms with Crippen LogP contribution in [0.3, 0.4) is 0 Å². The van der Waals surface area contributed by atoms with Gasteiger partial charge in [0.1, 0.15) is 5.82 Å². The molecule has 0 fully saturated rings. The van der Waals surface area contributed by atoms with Gasteiger partial charge in [-0.25, -0.2) is 4.39 Å². The zero-order valence-corrected chi connectivity index (χ0v) is 10.7. The Kier molecular flexibility index (Phi) is 3.96. The Balaban J connectivity index is 2.02. The summed E-state index contributed by atoms with van der Waals surface area (Å²) in [5.41, 5.74) is -0.0698. The van der Waals surface area contributed by atoms with Crippen molar-refractivity contribution in [1.82, 2.24) is 9.78 Å². The minimum absolute atomic E-state index is 0.237. The Bertz CT molecular complexity index is 590. The third-order valence-electron chi connectivity index (χ3n) is 2.90. The number of alkyl halides is 3. The summed E-state index contributed by atoms with van der Waals surface area (Å²) in [5.74, 6) is -1.27. The van der Waals surface area contributed by atoms with Gasteiger partial charge in [0, 0.05) is 37.6 Å². The van der Waals surface area contributed by atoms with Crippen molar-refractivity contribution >= 4 is 5.69 Å². The molecule has 108 valence electrons. The summed E-state index contributed by atoms with van der Waals surface area (Å²) < 4.78 is 52.4. The van der Waals surface area contributed by atoms with Crippen molar-refractivity contribution in [2.75, 3.05) is 11.9 Å². The fourth-order valence-electron chi connectivity index (χ4n) is 1.83. The fourth-order valence-corrected chi connectivity index (χ4v) is 1.83. The number of halogens is 4. The number of benzene rings is 1. The molecule has 1 heterocycles. The minimum Gasteiger partial charge on any atom is -0.385 e. The number of rotatable bonds is 4. The van der Waals surface area contributed by atoms with Crippen molar-refractivity contribution in [3.63, 3.8) is 0 Å². The maximum absolute atomic E-state index is 13.1. The molecule has 0 amide bonds. The van der Waals surface area contributed by atoms with E-state index < -0.39 is 17.6 Å². The second-order valence-corrected chi connectivity index (χ2v) is 4.32. The van der Waals surface area contributed by atoms with Crippen molar-refractivity contribution in [3.8, 4) is 0 Å². The zero-order chi connectivity index (χ0) is 14.8. The van der Waals surface area contributed by atoms with E-state index in [1.807, 2.05) is 6.07 Å². The molecule has 20 heavy (non-hydrogen) atoms. The molecule has 7 heteroatoms. The second kappa shape index (κ2) is 5.52. The normalized spacial score (nSPS) is 11.7. The molecule has 0 atom stereocenters. The van der Waals surface area contributed by atoms with E-state index in [0.717, 1.165) is 17.8 Å². The number of nitrogens with zero attached hydrogens (tertiary/aromatic N) is 2. The van der Waals surface area contributed by atoms with E-state index >= 15 is 0 Å². The number of aryl methyl sites for hydroxylation is 1. The molecule has 0 unspecified atom stereocenters. The van der Waals surface area contributed by atoms with E-state index in [1.165, 1.54) is 6.07 Å². The third-order valence-corrected chi connectivity index (χ3v) is 2.90. The summed E-state index contributed by atoms with van der Waals surface area (Å²) in [6, 6.07) is 4.70. The van der Waals surface area contributed by atoms with Gasteiger partial charge in [0.2, 0.25) is 0 Å². The van der Waals surface area contributed by atoms with E-state index in [1.54, 1.807) is 17.9 Å². The molecule has 1 aromatic heterocycles. The van der Waals surface area contributed by atoms with Gasteiger partial charge in [-0.05, 0) is 24.3 Å². The highest BCUT2D eigenvalue weighted by molar-refractivity contribution is 5.47. The topological polar surface area (TPSA) is 29.9 Å². The van der Waals surface area contributed by atoms with Gasteiger partial charge < -0.3 is 5.32 Å². The van der Waals surface area contributed by atoms with E-state index in [4.69, 9.17) is 0 Å². The van der Waals surface area contributed by atoms with Gasteiger partial charge in [-0.1, -0.05) is 0 Å². The predicted octanol–water partition coefficient (Wildman–Crippen LogP) is 3.23. The molecular weight excluding hydrogens is 274 g/mol. The predicted molar refractivity (Wildman–Crippen MR) is 66.8 cm³/mol. The lowest BCUT2D eigenvalue weighted by Crippen LogP contribution is -2.11. The number of anilines is 1. The van der Waals surface area contributed by atoms with Crippen LogP contribution in [0.4, 0.5) is 23.2 Å². The Hall–Kier alpha value is -2.05. The van der Waals surface area contributed by atoms with E-state index in [2.05, 4.69) is 10.4 Å². The second-order valence-electron chi connectivity index (χ2n) is 4.32. The number of hydrogen-bond acceptors (Lipinski definition) is 2. The van der Waals surface area contributed by atoms with Crippen molar-refractivity contribution in [2.24, 2.45) is 7.05 Å². The van der Waals surface area contributed by atoms with Crippen molar-refractivity contribution < 1.29 is 17.6 Å². The molecule has 2 rings (SSSR count). The molecule has 0 spiro atoms. The van der Waals surface area contributed by atoms with Crippen molar-refractivity contribution in [2.45, 2.75) is 12.6 Å². The highest BCUT2D eigenvalue weighted by Gasteiger charge is 2.34. The first kappa shape index (κ1) is 14.4. The van der Waals surface area contributed by atoms with Crippen LogP contribution in [-0.4, -0.2) is 16.3 Å². The van der Waals surface area contributed by atoms with Crippen LogP contribution in [0.5, 0.6) is 0 Å². The van der Waals surface area contributed by atoms with Crippen molar-refractivity contribution in [1.29, 1.82) is 0 Å². The number of hydrogen-bond donors (Lipinski definition) is 1. The third kappa shape index (κ3) is 3.28.